The van der Waals surface area contributed by atoms with Gasteiger partial charge in [0.25, 0.3) is 11.5 Å². The Morgan fingerprint density at radius 2 is 1.82 bits per heavy atom. The Morgan fingerprint density at radius 3 is 2.61 bits per heavy atom. The Bertz CT molecular complexity index is 2830. The highest BCUT2D eigenvalue weighted by Gasteiger charge is 2.39. The molecule has 7 heterocycles. The molecule has 2 fully saturated rings. The number of nitrogens with zero attached hydrogens (tertiary/aromatic N) is 8. The number of piperidine rings is 1. The Hall–Kier alpha value is -6.29. The molecule has 2 saturated heterocycles. The minimum absolute atomic E-state index is 0.0590. The number of anilines is 6. The van der Waals surface area contributed by atoms with Gasteiger partial charge >= 0.3 is 0 Å². The molecule has 3 atom stereocenters. The van der Waals surface area contributed by atoms with E-state index in [0.717, 1.165) is 70.6 Å². The summed E-state index contributed by atoms with van der Waals surface area (Å²) in [5.74, 6) is -0.0687. The van der Waals surface area contributed by atoms with E-state index in [1.165, 1.54) is 38.7 Å². The van der Waals surface area contributed by atoms with Gasteiger partial charge < -0.3 is 39.4 Å². The topological polar surface area (TPSA) is 153 Å². The predicted octanol–water partition coefficient (Wildman–Crippen LogP) is 6.43. The number of aromatic nitrogens is 4. The lowest BCUT2D eigenvalue weighted by Crippen LogP contribution is -2.58. The van der Waals surface area contributed by atoms with Crippen molar-refractivity contribution in [1.82, 2.24) is 24.0 Å². The van der Waals surface area contributed by atoms with Crippen LogP contribution in [0, 0.1) is 5.41 Å². The molecule has 3 aromatic heterocycles. The number of hydrogen-bond donors (Lipinski definition) is 3. The van der Waals surface area contributed by atoms with E-state index in [4.69, 9.17) is 9.72 Å². The van der Waals surface area contributed by atoms with E-state index in [0.29, 0.717) is 71.5 Å². The van der Waals surface area contributed by atoms with Gasteiger partial charge in [-0.2, -0.15) is 0 Å². The first kappa shape index (κ1) is 44.5. The van der Waals surface area contributed by atoms with Crippen molar-refractivity contribution in [3.05, 3.63) is 118 Å². The van der Waals surface area contributed by atoms with Crippen LogP contribution >= 0.6 is 0 Å². The highest BCUT2D eigenvalue weighted by atomic mass is 16.5. The van der Waals surface area contributed by atoms with Crippen molar-refractivity contribution in [2.24, 2.45) is 12.5 Å². The number of carbonyl (C=O) groups excluding carboxylic acids is 2. The molecule has 350 valence electrons. The number of aliphatic hydroxyl groups excluding tert-OH is 1. The van der Waals surface area contributed by atoms with Crippen molar-refractivity contribution in [2.75, 3.05) is 64.7 Å². The predicted molar refractivity (Wildman–Crippen MR) is 262 cm³/mol. The van der Waals surface area contributed by atoms with Crippen molar-refractivity contribution in [3.8, 4) is 11.3 Å². The second kappa shape index (κ2) is 17.7. The summed E-state index contributed by atoms with van der Waals surface area (Å²) in [5.41, 5.74) is 10.5. The number of nitrogens with one attached hydrogen (secondary N) is 2. The summed E-state index contributed by atoms with van der Waals surface area (Å²) in [6.45, 7) is 18.5. The number of fused-ring (bicyclic) bond motifs is 4. The average Bonchev–Trinajstić information content (AvgIpc) is 3.82. The van der Waals surface area contributed by atoms with Gasteiger partial charge in [0.05, 0.1) is 36.9 Å². The summed E-state index contributed by atoms with van der Waals surface area (Å²) in [5, 5.41) is 17.1. The molecular formula is C52H62N10O5. The second-order valence-corrected chi connectivity index (χ2v) is 19.9. The number of benzene rings is 2. The molecule has 4 aliphatic heterocycles. The summed E-state index contributed by atoms with van der Waals surface area (Å²) in [4.78, 5) is 59.3. The third-order valence-electron chi connectivity index (χ3n) is 14.8. The maximum atomic E-state index is 14.1. The number of ether oxygens (including phenoxy) is 1. The zero-order valence-corrected chi connectivity index (χ0v) is 39.3. The highest BCUT2D eigenvalue weighted by Crippen LogP contribution is 2.41. The van der Waals surface area contributed by atoms with E-state index in [9.17, 15) is 19.5 Å². The van der Waals surface area contributed by atoms with Crippen LogP contribution in [0.25, 0.3) is 11.3 Å². The fourth-order valence-electron chi connectivity index (χ4n) is 11.5. The Kier molecular flexibility index (Phi) is 11.8. The molecule has 0 spiro atoms. The van der Waals surface area contributed by atoms with Gasteiger partial charge in [0, 0.05) is 105 Å². The number of piperazine rings is 1. The summed E-state index contributed by atoms with van der Waals surface area (Å²) in [6.07, 6.45) is 9.51. The summed E-state index contributed by atoms with van der Waals surface area (Å²) >= 11 is 0. The van der Waals surface area contributed by atoms with Crippen LogP contribution in [0.3, 0.4) is 0 Å². The van der Waals surface area contributed by atoms with Crippen molar-refractivity contribution >= 4 is 46.2 Å². The molecule has 15 heteroatoms. The van der Waals surface area contributed by atoms with Crippen LogP contribution in [0.5, 0.6) is 0 Å². The first-order chi connectivity index (χ1) is 32.3. The molecule has 15 nitrogen and oxygen atoms in total. The van der Waals surface area contributed by atoms with Crippen molar-refractivity contribution in [1.29, 1.82) is 0 Å². The summed E-state index contributed by atoms with van der Waals surface area (Å²) in [7, 11) is 1.65. The molecule has 1 aliphatic carbocycles. The van der Waals surface area contributed by atoms with Crippen LogP contribution in [0.1, 0.15) is 79.0 Å². The van der Waals surface area contributed by atoms with Gasteiger partial charge in [-0.3, -0.25) is 24.2 Å². The number of aliphatic hydroxyl groups is 1. The maximum absolute atomic E-state index is 14.1. The number of carbonyl (C=O) groups is 2. The SMILES string of the molecule is C=CC(=O)Nc1cc(Nc2nc(-c3ccnc(N4CCn5c(cc6c5CC(C)(C)C6)C4=O)c3CO)cn(C)c2=O)ccc1N1CCN(C2CCN(c3cccc4c3CCOC4)[C@H](C)C2)C[C@@H]1C. The van der Waals surface area contributed by atoms with Crippen molar-refractivity contribution in [2.45, 2.75) is 97.7 Å². The van der Waals surface area contributed by atoms with Crippen LogP contribution < -0.4 is 30.9 Å². The van der Waals surface area contributed by atoms with E-state index < -0.39 is 6.61 Å². The molecule has 10 rings (SSSR count). The Morgan fingerprint density at radius 1 is 0.985 bits per heavy atom. The third kappa shape index (κ3) is 8.31. The van der Waals surface area contributed by atoms with Crippen LogP contribution in [-0.2, 0) is 55.6 Å². The number of rotatable bonds is 10. The van der Waals surface area contributed by atoms with E-state index >= 15 is 0 Å². The largest absolute Gasteiger partial charge is 0.392 e. The lowest BCUT2D eigenvalue weighted by molar-refractivity contribution is -0.111. The third-order valence-corrected chi connectivity index (χ3v) is 14.8. The maximum Gasteiger partial charge on any atom is 0.293 e. The molecule has 2 amide bonds. The molecule has 2 aromatic carbocycles. The number of hydrogen-bond acceptors (Lipinski definition) is 11. The minimum atomic E-state index is -0.396. The first-order valence-electron chi connectivity index (χ1n) is 23.8. The number of amides is 2. The average molecular weight is 907 g/mol. The standard InChI is InChI=1S/C52H62N10O5/c1-7-47(64)55-41-25-36(11-12-44(41)60-19-18-58(28-33(60)3)37-14-17-59(32(2)23-37)43-10-8-9-34-31-67-22-15-38(34)43)54-48-51(66)57(6)29-42(56-48)39-13-16-53-49(40(39)30-63)62-21-20-61-45(50(62)65)24-35-26-52(4,5)27-46(35)61/h7-13,16,24-25,29,32-33,37,63H,1,14-15,17-23,26-28,30-31H2,2-6H3,(H,54,56)(H,55,64)/t32-,33+,37?/m1/s1. The van der Waals surface area contributed by atoms with Crippen LogP contribution in [-0.4, -0.2) is 98.4 Å². The molecule has 5 aliphatic rings. The lowest BCUT2D eigenvalue weighted by atomic mass is 9.90. The van der Waals surface area contributed by atoms with Gasteiger partial charge in [0.2, 0.25) is 5.91 Å². The van der Waals surface area contributed by atoms with E-state index in [2.05, 4.69) is 87.4 Å². The molecule has 0 saturated carbocycles. The Labute approximate surface area is 392 Å². The molecule has 67 heavy (non-hydrogen) atoms. The van der Waals surface area contributed by atoms with Gasteiger partial charge in [-0.25, -0.2) is 9.97 Å². The fraction of sp³-hybridized carbons (Fsp3) is 0.442. The van der Waals surface area contributed by atoms with Crippen molar-refractivity contribution < 1.29 is 19.4 Å². The van der Waals surface area contributed by atoms with E-state index in [-0.39, 0.29) is 34.6 Å². The lowest BCUT2D eigenvalue weighted by Gasteiger charge is -2.49. The zero-order valence-electron chi connectivity index (χ0n) is 39.3. The van der Waals surface area contributed by atoms with Crippen molar-refractivity contribution in [3.63, 3.8) is 0 Å². The van der Waals surface area contributed by atoms with Gasteiger partial charge in [-0.05, 0) is 111 Å². The Balaban J connectivity index is 0.863. The molecule has 0 radical (unpaired) electrons. The van der Waals surface area contributed by atoms with Gasteiger partial charge in [0.15, 0.2) is 5.82 Å². The fourth-order valence-corrected chi connectivity index (χ4v) is 11.5. The number of pyridine rings is 1. The number of aryl methyl sites for hydroxylation is 1. The molecule has 1 unspecified atom stereocenters. The van der Waals surface area contributed by atoms with Gasteiger partial charge in [-0.15, -0.1) is 0 Å². The minimum Gasteiger partial charge on any atom is -0.392 e. The van der Waals surface area contributed by atoms with Gasteiger partial charge in [0.1, 0.15) is 11.5 Å². The molecule has 5 aromatic rings. The molecular weight excluding hydrogens is 845 g/mol. The smallest absolute Gasteiger partial charge is 0.293 e. The zero-order chi connectivity index (χ0) is 46.7. The van der Waals surface area contributed by atoms with Crippen LogP contribution in [0.4, 0.5) is 34.4 Å². The van der Waals surface area contributed by atoms with Crippen LogP contribution in [0.15, 0.2) is 78.4 Å². The van der Waals surface area contributed by atoms with Crippen LogP contribution in [0.2, 0.25) is 0 Å². The molecule has 3 N–H and O–H groups in total. The summed E-state index contributed by atoms with van der Waals surface area (Å²) < 4.78 is 9.35. The quantitative estimate of drug-likeness (QED) is 0.133. The summed E-state index contributed by atoms with van der Waals surface area (Å²) in [6, 6.07) is 17.2. The highest BCUT2D eigenvalue weighted by molar-refractivity contribution is 6.06. The van der Waals surface area contributed by atoms with E-state index in [1.54, 1.807) is 30.4 Å². The normalized spacial score (nSPS) is 21.4. The van der Waals surface area contributed by atoms with E-state index in [1.807, 2.05) is 24.3 Å². The monoisotopic (exact) mass is 906 g/mol. The first-order valence-corrected chi connectivity index (χ1v) is 23.8. The molecule has 0 bridgehead atoms. The van der Waals surface area contributed by atoms with Gasteiger partial charge in [-0.1, -0.05) is 32.6 Å². The second-order valence-electron chi connectivity index (χ2n) is 19.9.